The van der Waals surface area contributed by atoms with Crippen LogP contribution < -0.4 is 21.7 Å². The molecule has 158 valence electrons. The molecule has 0 aliphatic carbocycles. The van der Waals surface area contributed by atoms with Gasteiger partial charge in [-0.3, -0.25) is 19.8 Å². The topological polar surface area (TPSA) is 195 Å². The van der Waals surface area contributed by atoms with Crippen LogP contribution >= 0.6 is 0 Å². The van der Waals surface area contributed by atoms with Crippen molar-refractivity contribution in [2.75, 3.05) is 0 Å². The SMILES string of the molecule is CC(C)[C@H](NC(=O)[C@H](CC(=O)O)NC(=O)c1cccc(CNC(=N)N)c1)C(=O)O. The number of nitrogens with one attached hydrogen (secondary N) is 4. The van der Waals surface area contributed by atoms with Crippen molar-refractivity contribution >= 4 is 29.7 Å². The van der Waals surface area contributed by atoms with Gasteiger partial charge in [0.1, 0.15) is 12.1 Å². The summed E-state index contributed by atoms with van der Waals surface area (Å²) in [5.41, 5.74) is 6.02. The van der Waals surface area contributed by atoms with Gasteiger partial charge in [-0.05, 0) is 23.6 Å². The Kier molecular flexibility index (Phi) is 8.59. The van der Waals surface area contributed by atoms with E-state index in [9.17, 15) is 24.3 Å². The van der Waals surface area contributed by atoms with Gasteiger partial charge in [0.15, 0.2) is 5.96 Å². The smallest absolute Gasteiger partial charge is 0.326 e. The second-order valence-electron chi connectivity index (χ2n) is 6.66. The van der Waals surface area contributed by atoms with Gasteiger partial charge in [0, 0.05) is 12.1 Å². The summed E-state index contributed by atoms with van der Waals surface area (Å²) in [4.78, 5) is 47.3. The average Bonchev–Trinajstić information content (AvgIpc) is 2.62. The summed E-state index contributed by atoms with van der Waals surface area (Å²) in [7, 11) is 0. The number of nitrogens with two attached hydrogens (primary N) is 1. The lowest BCUT2D eigenvalue weighted by atomic mass is 10.0. The quantitative estimate of drug-likeness (QED) is 0.198. The molecule has 0 bridgehead atoms. The highest BCUT2D eigenvalue weighted by Crippen LogP contribution is 2.08. The minimum Gasteiger partial charge on any atom is -0.481 e. The summed E-state index contributed by atoms with van der Waals surface area (Å²) in [5, 5.41) is 32.6. The maximum absolute atomic E-state index is 12.5. The number of carboxylic acids is 2. The standard InChI is InChI=1S/C18H25N5O6/c1-9(2)14(17(28)29)23-16(27)12(7-13(24)25)22-15(26)11-5-3-4-10(6-11)8-21-18(19)20/h3-6,9,12,14H,7-8H2,1-2H3,(H,22,26)(H,23,27)(H,24,25)(H,28,29)(H4,19,20,21)/t12-,14-/m0/s1. The molecule has 0 aliphatic rings. The van der Waals surface area contributed by atoms with Gasteiger partial charge in [-0.1, -0.05) is 26.0 Å². The Labute approximate surface area is 167 Å². The number of carbonyl (C=O) groups excluding carboxylic acids is 2. The molecule has 11 nitrogen and oxygen atoms in total. The molecular formula is C18H25N5O6. The minimum atomic E-state index is -1.46. The summed E-state index contributed by atoms with van der Waals surface area (Å²) in [5.74, 6) is -4.89. The number of hydrogen-bond acceptors (Lipinski definition) is 5. The lowest BCUT2D eigenvalue weighted by molar-refractivity contribution is -0.144. The first-order chi connectivity index (χ1) is 13.5. The summed E-state index contributed by atoms with van der Waals surface area (Å²) in [6.45, 7) is 3.37. The van der Waals surface area contributed by atoms with Gasteiger partial charge in [0.2, 0.25) is 5.91 Å². The third-order valence-corrected chi connectivity index (χ3v) is 3.90. The molecule has 0 saturated heterocycles. The summed E-state index contributed by atoms with van der Waals surface area (Å²) in [6.07, 6.45) is -0.715. The molecule has 0 radical (unpaired) electrons. The second kappa shape index (κ2) is 10.6. The number of amides is 2. The summed E-state index contributed by atoms with van der Waals surface area (Å²) in [6, 6.07) is 3.55. The van der Waals surface area contributed by atoms with Crippen LogP contribution in [0.3, 0.4) is 0 Å². The van der Waals surface area contributed by atoms with Crippen molar-refractivity contribution in [2.24, 2.45) is 11.7 Å². The van der Waals surface area contributed by atoms with E-state index in [4.69, 9.17) is 16.2 Å². The van der Waals surface area contributed by atoms with Crippen LogP contribution in [0.1, 0.15) is 36.2 Å². The molecule has 0 aliphatic heterocycles. The number of rotatable bonds is 10. The van der Waals surface area contributed by atoms with Gasteiger partial charge in [-0.2, -0.15) is 0 Å². The molecule has 0 heterocycles. The van der Waals surface area contributed by atoms with Gasteiger partial charge < -0.3 is 31.9 Å². The molecule has 1 rings (SSSR count). The highest BCUT2D eigenvalue weighted by molar-refractivity contribution is 5.99. The van der Waals surface area contributed by atoms with Crippen molar-refractivity contribution in [1.29, 1.82) is 5.41 Å². The van der Waals surface area contributed by atoms with E-state index in [1.807, 2.05) is 0 Å². The first-order valence-corrected chi connectivity index (χ1v) is 8.74. The molecule has 0 unspecified atom stereocenters. The van der Waals surface area contributed by atoms with Crippen LogP contribution in [0.25, 0.3) is 0 Å². The van der Waals surface area contributed by atoms with Crippen LogP contribution in [-0.4, -0.2) is 52.0 Å². The van der Waals surface area contributed by atoms with Gasteiger partial charge in [-0.15, -0.1) is 0 Å². The van der Waals surface area contributed by atoms with E-state index in [0.717, 1.165) is 0 Å². The third kappa shape index (κ3) is 7.87. The van der Waals surface area contributed by atoms with Crippen LogP contribution in [0.5, 0.6) is 0 Å². The molecular weight excluding hydrogens is 382 g/mol. The van der Waals surface area contributed by atoms with Crippen molar-refractivity contribution in [3.05, 3.63) is 35.4 Å². The van der Waals surface area contributed by atoms with Crippen molar-refractivity contribution in [2.45, 2.75) is 38.9 Å². The number of benzene rings is 1. The van der Waals surface area contributed by atoms with Crippen molar-refractivity contribution in [1.82, 2.24) is 16.0 Å². The molecule has 2 atom stereocenters. The van der Waals surface area contributed by atoms with Gasteiger partial charge in [-0.25, -0.2) is 4.79 Å². The Bertz CT molecular complexity index is 795. The molecule has 0 aromatic heterocycles. The van der Waals surface area contributed by atoms with E-state index >= 15 is 0 Å². The van der Waals surface area contributed by atoms with Crippen LogP contribution in [0.15, 0.2) is 24.3 Å². The molecule has 0 fully saturated rings. The van der Waals surface area contributed by atoms with Gasteiger partial charge in [0.05, 0.1) is 6.42 Å². The number of carbonyl (C=O) groups is 4. The van der Waals surface area contributed by atoms with E-state index in [-0.39, 0.29) is 18.1 Å². The second-order valence-corrected chi connectivity index (χ2v) is 6.66. The Morgan fingerprint density at radius 3 is 2.31 bits per heavy atom. The summed E-state index contributed by atoms with van der Waals surface area (Å²) < 4.78 is 0. The number of hydrogen-bond donors (Lipinski definition) is 7. The zero-order valence-electron chi connectivity index (χ0n) is 16.1. The molecule has 29 heavy (non-hydrogen) atoms. The number of guanidine groups is 1. The predicted octanol–water partition coefficient (Wildman–Crippen LogP) is -0.532. The average molecular weight is 407 g/mol. The zero-order valence-corrected chi connectivity index (χ0v) is 16.1. The zero-order chi connectivity index (χ0) is 22.1. The van der Waals surface area contributed by atoms with E-state index in [1.165, 1.54) is 12.1 Å². The first kappa shape index (κ1) is 23.4. The lowest BCUT2D eigenvalue weighted by Gasteiger charge is -2.22. The molecule has 1 aromatic carbocycles. The normalized spacial score (nSPS) is 12.5. The van der Waals surface area contributed by atoms with E-state index < -0.39 is 48.2 Å². The van der Waals surface area contributed by atoms with E-state index in [0.29, 0.717) is 5.56 Å². The van der Waals surface area contributed by atoms with E-state index in [1.54, 1.807) is 26.0 Å². The highest BCUT2D eigenvalue weighted by Gasteiger charge is 2.30. The Morgan fingerprint density at radius 1 is 1.14 bits per heavy atom. The monoisotopic (exact) mass is 407 g/mol. The largest absolute Gasteiger partial charge is 0.481 e. The number of carboxylic acid groups (broad SMARTS) is 2. The van der Waals surface area contributed by atoms with Crippen LogP contribution in [0.4, 0.5) is 0 Å². The minimum absolute atomic E-state index is 0.162. The Balaban J connectivity index is 2.94. The van der Waals surface area contributed by atoms with E-state index in [2.05, 4.69) is 16.0 Å². The molecule has 11 heteroatoms. The summed E-state index contributed by atoms with van der Waals surface area (Å²) >= 11 is 0. The lowest BCUT2D eigenvalue weighted by Crippen LogP contribution is -2.53. The maximum atomic E-state index is 12.5. The first-order valence-electron chi connectivity index (χ1n) is 8.74. The molecule has 8 N–H and O–H groups in total. The fourth-order valence-corrected chi connectivity index (χ4v) is 2.41. The molecule has 1 aromatic rings. The third-order valence-electron chi connectivity index (χ3n) is 3.90. The Morgan fingerprint density at radius 2 is 1.79 bits per heavy atom. The van der Waals surface area contributed by atoms with Crippen molar-refractivity contribution in [3.63, 3.8) is 0 Å². The predicted molar refractivity (Wildman–Crippen MR) is 103 cm³/mol. The molecule has 2 amide bonds. The fourth-order valence-electron chi connectivity index (χ4n) is 2.41. The van der Waals surface area contributed by atoms with Crippen LogP contribution in [0, 0.1) is 11.3 Å². The highest BCUT2D eigenvalue weighted by atomic mass is 16.4. The van der Waals surface area contributed by atoms with Crippen molar-refractivity contribution < 1.29 is 29.4 Å². The Hall–Kier alpha value is -3.63. The number of aliphatic carboxylic acids is 2. The van der Waals surface area contributed by atoms with Crippen LogP contribution in [0.2, 0.25) is 0 Å². The van der Waals surface area contributed by atoms with Crippen LogP contribution in [-0.2, 0) is 20.9 Å². The molecule has 0 saturated carbocycles. The molecule has 0 spiro atoms. The van der Waals surface area contributed by atoms with Crippen molar-refractivity contribution in [3.8, 4) is 0 Å². The van der Waals surface area contributed by atoms with Gasteiger partial charge in [0.25, 0.3) is 5.91 Å². The maximum Gasteiger partial charge on any atom is 0.326 e. The van der Waals surface area contributed by atoms with Gasteiger partial charge >= 0.3 is 11.9 Å². The fraction of sp³-hybridized carbons (Fsp3) is 0.389.